The lowest BCUT2D eigenvalue weighted by atomic mass is 9.82. The molecule has 1 aromatic carbocycles. The van der Waals surface area contributed by atoms with Gasteiger partial charge in [0.1, 0.15) is 5.82 Å². The van der Waals surface area contributed by atoms with Crippen LogP contribution in [0.15, 0.2) is 22.7 Å². The maximum Gasteiger partial charge on any atom is 0.230 e. The first-order chi connectivity index (χ1) is 10.2. The van der Waals surface area contributed by atoms with Crippen molar-refractivity contribution in [2.24, 2.45) is 11.7 Å². The average Bonchev–Trinajstić information content (AvgIpc) is 2.96. The van der Waals surface area contributed by atoms with E-state index >= 15 is 0 Å². The third kappa shape index (κ3) is 3.13. The van der Waals surface area contributed by atoms with E-state index in [0.29, 0.717) is 29.1 Å². The van der Waals surface area contributed by atoms with Crippen LogP contribution >= 0.6 is 0 Å². The Morgan fingerprint density at radius 2 is 2.00 bits per heavy atom. The number of hydrogen-bond acceptors (Lipinski definition) is 4. The topological polar surface area (TPSA) is 64.9 Å². The van der Waals surface area contributed by atoms with Crippen LogP contribution in [0.3, 0.4) is 0 Å². The van der Waals surface area contributed by atoms with Crippen LogP contribution in [-0.4, -0.2) is 16.7 Å². The summed E-state index contributed by atoms with van der Waals surface area (Å²) in [6, 6.07) is 4.79. The van der Waals surface area contributed by atoms with Crippen molar-refractivity contribution in [3.63, 3.8) is 0 Å². The maximum atomic E-state index is 13.5. The second-order valence-electron chi connectivity index (χ2n) is 5.93. The lowest BCUT2D eigenvalue weighted by Crippen LogP contribution is -2.20. The molecule has 1 aromatic heterocycles. The van der Waals surface area contributed by atoms with E-state index < -0.39 is 0 Å². The van der Waals surface area contributed by atoms with Crippen molar-refractivity contribution in [2.45, 2.75) is 38.5 Å². The normalized spacial score (nSPS) is 22.4. The molecule has 21 heavy (non-hydrogen) atoms. The summed E-state index contributed by atoms with van der Waals surface area (Å²) >= 11 is 0. The largest absolute Gasteiger partial charge is 0.339 e. The molecule has 0 bridgehead atoms. The monoisotopic (exact) mass is 289 g/mol. The van der Waals surface area contributed by atoms with E-state index in [9.17, 15) is 4.39 Å². The van der Waals surface area contributed by atoms with Crippen molar-refractivity contribution < 1.29 is 8.91 Å². The first-order valence-electron chi connectivity index (χ1n) is 7.47. The highest BCUT2D eigenvalue weighted by molar-refractivity contribution is 5.55. The average molecular weight is 289 g/mol. The summed E-state index contributed by atoms with van der Waals surface area (Å²) in [5.41, 5.74) is 7.22. The quantitative estimate of drug-likeness (QED) is 0.940. The van der Waals surface area contributed by atoms with E-state index in [1.807, 2.05) is 13.0 Å². The number of halogens is 1. The standard InChI is InChI=1S/C16H20FN3O/c1-10-6-13(8-14(17)7-10)15-19-16(21-20-15)12-4-2-11(9-18)3-5-12/h6-8,11-12H,2-5,9,18H2,1H3. The predicted octanol–water partition coefficient (Wildman–Crippen LogP) is 3.42. The minimum absolute atomic E-state index is 0.278. The minimum Gasteiger partial charge on any atom is -0.339 e. The summed E-state index contributed by atoms with van der Waals surface area (Å²) in [5, 5.41) is 4.01. The zero-order valence-corrected chi connectivity index (χ0v) is 12.2. The number of nitrogens with zero attached hydrogens (tertiary/aromatic N) is 2. The SMILES string of the molecule is Cc1cc(F)cc(-c2noc(C3CCC(CN)CC3)n2)c1. The maximum absolute atomic E-state index is 13.5. The Morgan fingerprint density at radius 3 is 2.67 bits per heavy atom. The Hall–Kier alpha value is -1.75. The molecule has 2 aromatic rings. The molecule has 4 nitrogen and oxygen atoms in total. The lowest BCUT2D eigenvalue weighted by Gasteiger charge is -2.24. The summed E-state index contributed by atoms with van der Waals surface area (Å²) in [5.74, 6) is 1.79. The van der Waals surface area contributed by atoms with Crippen LogP contribution in [0.2, 0.25) is 0 Å². The number of aromatic nitrogens is 2. The van der Waals surface area contributed by atoms with Gasteiger partial charge in [-0.3, -0.25) is 0 Å². The van der Waals surface area contributed by atoms with Gasteiger partial charge in [-0.05, 0) is 68.8 Å². The second-order valence-corrected chi connectivity index (χ2v) is 5.93. The Bertz CT molecular complexity index is 597. The third-order valence-corrected chi connectivity index (χ3v) is 4.27. The van der Waals surface area contributed by atoms with Gasteiger partial charge >= 0.3 is 0 Å². The zero-order chi connectivity index (χ0) is 14.8. The molecule has 0 radical (unpaired) electrons. The van der Waals surface area contributed by atoms with E-state index in [2.05, 4.69) is 10.1 Å². The summed E-state index contributed by atoms with van der Waals surface area (Å²) < 4.78 is 18.9. The molecule has 5 heteroatoms. The molecule has 0 atom stereocenters. The van der Waals surface area contributed by atoms with Crippen LogP contribution in [0, 0.1) is 18.7 Å². The molecule has 0 aliphatic heterocycles. The fraction of sp³-hybridized carbons (Fsp3) is 0.500. The Labute approximate surface area is 123 Å². The van der Waals surface area contributed by atoms with Gasteiger partial charge in [0.25, 0.3) is 0 Å². The number of nitrogens with two attached hydrogens (primary N) is 1. The zero-order valence-electron chi connectivity index (χ0n) is 12.2. The van der Waals surface area contributed by atoms with Crippen molar-refractivity contribution in [2.75, 3.05) is 6.54 Å². The van der Waals surface area contributed by atoms with Gasteiger partial charge in [0.15, 0.2) is 0 Å². The number of hydrogen-bond donors (Lipinski definition) is 1. The minimum atomic E-state index is -0.278. The highest BCUT2D eigenvalue weighted by Crippen LogP contribution is 2.35. The van der Waals surface area contributed by atoms with Crippen molar-refractivity contribution in [3.05, 3.63) is 35.5 Å². The van der Waals surface area contributed by atoms with Crippen molar-refractivity contribution in [1.29, 1.82) is 0 Å². The van der Waals surface area contributed by atoms with Crippen LogP contribution in [0.4, 0.5) is 4.39 Å². The van der Waals surface area contributed by atoms with Gasteiger partial charge in [-0.15, -0.1) is 0 Å². The van der Waals surface area contributed by atoms with Gasteiger partial charge in [-0.1, -0.05) is 5.16 Å². The summed E-state index contributed by atoms with van der Waals surface area (Å²) in [7, 11) is 0. The smallest absolute Gasteiger partial charge is 0.230 e. The van der Waals surface area contributed by atoms with Gasteiger partial charge in [-0.25, -0.2) is 4.39 Å². The first-order valence-corrected chi connectivity index (χ1v) is 7.47. The van der Waals surface area contributed by atoms with Gasteiger partial charge in [0.2, 0.25) is 11.7 Å². The molecule has 1 heterocycles. The molecule has 0 amide bonds. The van der Waals surface area contributed by atoms with Crippen LogP contribution in [0.5, 0.6) is 0 Å². The summed E-state index contributed by atoms with van der Waals surface area (Å²) in [6.07, 6.45) is 4.28. The molecule has 3 rings (SSSR count). The Kier molecular flexibility index (Phi) is 4.01. The fourth-order valence-electron chi connectivity index (χ4n) is 3.03. The van der Waals surface area contributed by atoms with Gasteiger partial charge in [0.05, 0.1) is 0 Å². The fourth-order valence-corrected chi connectivity index (χ4v) is 3.03. The van der Waals surface area contributed by atoms with E-state index in [1.54, 1.807) is 0 Å². The molecular formula is C16H20FN3O. The Balaban J connectivity index is 1.77. The van der Waals surface area contributed by atoms with Crippen molar-refractivity contribution in [1.82, 2.24) is 10.1 Å². The van der Waals surface area contributed by atoms with E-state index in [-0.39, 0.29) is 5.82 Å². The highest BCUT2D eigenvalue weighted by Gasteiger charge is 2.26. The molecule has 1 aliphatic carbocycles. The van der Waals surface area contributed by atoms with E-state index in [0.717, 1.165) is 37.8 Å². The van der Waals surface area contributed by atoms with Gasteiger partial charge in [-0.2, -0.15) is 4.98 Å². The predicted molar refractivity (Wildman–Crippen MR) is 78.2 cm³/mol. The molecule has 2 N–H and O–H groups in total. The summed E-state index contributed by atoms with van der Waals surface area (Å²) in [6.45, 7) is 2.60. The van der Waals surface area contributed by atoms with Crippen LogP contribution in [0.1, 0.15) is 43.1 Å². The second kappa shape index (κ2) is 5.93. The third-order valence-electron chi connectivity index (χ3n) is 4.27. The van der Waals surface area contributed by atoms with Crippen LogP contribution in [-0.2, 0) is 0 Å². The summed E-state index contributed by atoms with van der Waals surface area (Å²) in [4.78, 5) is 4.46. The number of benzene rings is 1. The van der Waals surface area contributed by atoms with E-state index in [1.165, 1.54) is 12.1 Å². The van der Waals surface area contributed by atoms with Gasteiger partial charge < -0.3 is 10.3 Å². The first kappa shape index (κ1) is 14.2. The van der Waals surface area contributed by atoms with Crippen molar-refractivity contribution >= 4 is 0 Å². The molecule has 0 unspecified atom stereocenters. The number of rotatable bonds is 3. The molecule has 1 aliphatic rings. The molecular weight excluding hydrogens is 269 g/mol. The Morgan fingerprint density at radius 1 is 1.24 bits per heavy atom. The lowest BCUT2D eigenvalue weighted by molar-refractivity contribution is 0.275. The van der Waals surface area contributed by atoms with Gasteiger partial charge in [0, 0.05) is 11.5 Å². The van der Waals surface area contributed by atoms with Crippen LogP contribution < -0.4 is 5.73 Å². The van der Waals surface area contributed by atoms with Crippen LogP contribution in [0.25, 0.3) is 11.4 Å². The number of aryl methyl sites for hydroxylation is 1. The molecule has 1 fully saturated rings. The van der Waals surface area contributed by atoms with Crippen molar-refractivity contribution in [3.8, 4) is 11.4 Å². The van der Waals surface area contributed by atoms with E-state index in [4.69, 9.17) is 10.3 Å². The molecule has 112 valence electrons. The highest BCUT2D eigenvalue weighted by atomic mass is 19.1. The molecule has 0 spiro atoms. The molecule has 1 saturated carbocycles. The molecule has 0 saturated heterocycles.